The van der Waals surface area contributed by atoms with Crippen LogP contribution in [0, 0.1) is 0 Å². The van der Waals surface area contributed by atoms with Crippen LogP contribution in [0.2, 0.25) is 0 Å². The number of nitrogens with zero attached hydrogens (tertiary/aromatic N) is 3. The Labute approximate surface area is 118 Å². The summed E-state index contributed by atoms with van der Waals surface area (Å²) in [5, 5.41) is 11.7. The van der Waals surface area contributed by atoms with Crippen molar-refractivity contribution in [1.82, 2.24) is 15.5 Å². The Morgan fingerprint density at radius 2 is 2.15 bits per heavy atom. The van der Waals surface area contributed by atoms with E-state index in [1.54, 1.807) is 6.07 Å². The molecule has 3 N–H and O–H groups in total. The highest BCUT2D eigenvalue weighted by molar-refractivity contribution is 5.90. The number of hydrogen-bond acceptors (Lipinski definition) is 5. The minimum absolute atomic E-state index is 0.222. The van der Waals surface area contributed by atoms with Crippen LogP contribution in [0.1, 0.15) is 42.6 Å². The van der Waals surface area contributed by atoms with Crippen molar-refractivity contribution in [2.24, 2.45) is 5.73 Å². The van der Waals surface area contributed by atoms with Crippen molar-refractivity contribution >= 4 is 11.7 Å². The first-order valence-electron chi connectivity index (χ1n) is 7.37. The number of nitrogens with one attached hydrogen (secondary N) is 1. The van der Waals surface area contributed by atoms with Gasteiger partial charge in [0, 0.05) is 18.6 Å². The van der Waals surface area contributed by atoms with Gasteiger partial charge in [0.15, 0.2) is 11.5 Å². The molecule has 3 rings (SSSR count). The highest BCUT2D eigenvalue weighted by atomic mass is 16.1. The summed E-state index contributed by atoms with van der Waals surface area (Å²) < 4.78 is 0. The van der Waals surface area contributed by atoms with Gasteiger partial charge in [0.2, 0.25) is 0 Å². The van der Waals surface area contributed by atoms with Crippen LogP contribution in [-0.4, -0.2) is 41.3 Å². The Hall–Kier alpha value is -1.69. The smallest absolute Gasteiger partial charge is 0.269 e. The van der Waals surface area contributed by atoms with Crippen molar-refractivity contribution in [2.75, 3.05) is 18.0 Å². The van der Waals surface area contributed by atoms with Crippen LogP contribution in [0.15, 0.2) is 12.1 Å². The SMILES string of the molecule is NC(=O)c1ccc(N(CC2CCCCN2)C2CC2)nn1. The molecule has 1 aromatic heterocycles. The standard InChI is InChI=1S/C14H21N5O/c15-14(20)12-6-7-13(18-17-12)19(11-4-5-11)9-10-3-1-2-8-16-10/h6-7,10-11,16H,1-5,8-9H2,(H2,15,20). The third-order valence-corrected chi connectivity index (χ3v) is 4.01. The van der Waals surface area contributed by atoms with E-state index in [-0.39, 0.29) is 5.69 Å². The maximum Gasteiger partial charge on any atom is 0.269 e. The summed E-state index contributed by atoms with van der Waals surface area (Å²) in [4.78, 5) is 13.4. The lowest BCUT2D eigenvalue weighted by Gasteiger charge is -2.31. The largest absolute Gasteiger partial charge is 0.364 e. The van der Waals surface area contributed by atoms with E-state index in [9.17, 15) is 4.79 Å². The van der Waals surface area contributed by atoms with Crippen molar-refractivity contribution in [1.29, 1.82) is 0 Å². The topological polar surface area (TPSA) is 84.1 Å². The molecule has 0 spiro atoms. The molecule has 2 fully saturated rings. The number of carbonyl (C=O) groups is 1. The molecule has 1 aromatic rings. The zero-order valence-corrected chi connectivity index (χ0v) is 11.6. The number of rotatable bonds is 5. The Morgan fingerprint density at radius 3 is 2.70 bits per heavy atom. The predicted molar refractivity (Wildman–Crippen MR) is 76.6 cm³/mol. The number of carbonyl (C=O) groups excluding carboxylic acids is 1. The van der Waals surface area contributed by atoms with Gasteiger partial charge in [-0.05, 0) is 44.4 Å². The normalized spacial score (nSPS) is 22.5. The molecule has 6 nitrogen and oxygen atoms in total. The van der Waals surface area contributed by atoms with E-state index >= 15 is 0 Å². The molecule has 0 radical (unpaired) electrons. The van der Waals surface area contributed by atoms with Crippen molar-refractivity contribution in [2.45, 2.75) is 44.2 Å². The number of nitrogens with two attached hydrogens (primary N) is 1. The van der Waals surface area contributed by atoms with Crippen molar-refractivity contribution < 1.29 is 4.79 Å². The first-order chi connectivity index (χ1) is 9.74. The van der Waals surface area contributed by atoms with Gasteiger partial charge in [0.1, 0.15) is 0 Å². The summed E-state index contributed by atoms with van der Waals surface area (Å²) in [5.41, 5.74) is 5.42. The van der Waals surface area contributed by atoms with Gasteiger partial charge in [-0.25, -0.2) is 0 Å². The van der Waals surface area contributed by atoms with Crippen molar-refractivity contribution in [3.63, 3.8) is 0 Å². The van der Waals surface area contributed by atoms with Crippen LogP contribution in [0.25, 0.3) is 0 Å². The Balaban J connectivity index is 1.71. The summed E-state index contributed by atoms with van der Waals surface area (Å²) >= 11 is 0. The first kappa shape index (κ1) is 13.3. The number of primary amides is 1. The third-order valence-electron chi connectivity index (χ3n) is 4.01. The highest BCUT2D eigenvalue weighted by Crippen LogP contribution is 2.31. The fourth-order valence-corrected chi connectivity index (χ4v) is 2.74. The lowest BCUT2D eigenvalue weighted by molar-refractivity contribution is 0.0994. The van der Waals surface area contributed by atoms with Gasteiger partial charge < -0.3 is 16.0 Å². The van der Waals surface area contributed by atoms with Crippen LogP contribution in [0.5, 0.6) is 0 Å². The van der Waals surface area contributed by atoms with Crippen LogP contribution in [0.3, 0.4) is 0 Å². The number of piperidine rings is 1. The second-order valence-electron chi connectivity index (χ2n) is 5.67. The number of amides is 1. The molecule has 2 aliphatic rings. The van der Waals surface area contributed by atoms with Crippen LogP contribution < -0.4 is 16.0 Å². The quantitative estimate of drug-likeness (QED) is 0.826. The molecule has 1 aliphatic heterocycles. The predicted octanol–water partition coefficient (Wildman–Crippen LogP) is 0.686. The van der Waals surface area contributed by atoms with E-state index in [1.807, 2.05) is 6.07 Å². The summed E-state index contributed by atoms with van der Waals surface area (Å²) in [6.07, 6.45) is 6.21. The van der Waals surface area contributed by atoms with E-state index < -0.39 is 5.91 Å². The lowest BCUT2D eigenvalue weighted by atomic mass is 10.0. The van der Waals surface area contributed by atoms with Gasteiger partial charge >= 0.3 is 0 Å². The molecule has 0 bridgehead atoms. The molecule has 108 valence electrons. The van der Waals surface area contributed by atoms with Gasteiger partial charge in [-0.15, -0.1) is 10.2 Å². The maximum atomic E-state index is 11.0. The van der Waals surface area contributed by atoms with E-state index in [0.29, 0.717) is 12.1 Å². The molecule has 1 saturated heterocycles. The van der Waals surface area contributed by atoms with E-state index in [0.717, 1.165) is 18.9 Å². The molecular weight excluding hydrogens is 254 g/mol. The molecule has 6 heteroatoms. The monoisotopic (exact) mass is 275 g/mol. The van der Waals surface area contributed by atoms with Crippen LogP contribution >= 0.6 is 0 Å². The molecule has 0 aromatic carbocycles. The summed E-state index contributed by atoms with van der Waals surface area (Å²) in [7, 11) is 0. The number of aromatic nitrogens is 2. The number of anilines is 1. The first-order valence-corrected chi connectivity index (χ1v) is 7.37. The minimum atomic E-state index is -0.532. The second-order valence-corrected chi connectivity index (χ2v) is 5.67. The summed E-state index contributed by atoms with van der Waals surface area (Å²) in [6, 6.07) is 4.62. The molecule has 1 unspecified atom stereocenters. The van der Waals surface area contributed by atoms with Gasteiger partial charge in [0.25, 0.3) is 5.91 Å². The fourth-order valence-electron chi connectivity index (χ4n) is 2.74. The molecule has 1 aliphatic carbocycles. The molecule has 1 amide bonds. The Bertz CT molecular complexity index is 465. The van der Waals surface area contributed by atoms with Crippen molar-refractivity contribution in [3.8, 4) is 0 Å². The molecule has 20 heavy (non-hydrogen) atoms. The fraction of sp³-hybridized carbons (Fsp3) is 0.643. The van der Waals surface area contributed by atoms with Gasteiger partial charge in [0.05, 0.1) is 0 Å². The average molecular weight is 275 g/mol. The summed E-state index contributed by atoms with van der Waals surface area (Å²) in [6.45, 7) is 2.07. The Kier molecular flexibility index (Phi) is 3.82. The zero-order valence-electron chi connectivity index (χ0n) is 11.6. The van der Waals surface area contributed by atoms with E-state index in [1.165, 1.54) is 32.1 Å². The molecule has 2 heterocycles. The van der Waals surface area contributed by atoms with Gasteiger partial charge in [-0.1, -0.05) is 6.42 Å². The number of hydrogen-bond donors (Lipinski definition) is 2. The van der Waals surface area contributed by atoms with E-state index in [2.05, 4.69) is 20.4 Å². The van der Waals surface area contributed by atoms with Crippen LogP contribution in [-0.2, 0) is 0 Å². The lowest BCUT2D eigenvalue weighted by Crippen LogP contribution is -2.45. The minimum Gasteiger partial charge on any atom is -0.364 e. The van der Waals surface area contributed by atoms with Gasteiger partial charge in [-0.2, -0.15) is 0 Å². The molecule has 1 saturated carbocycles. The summed E-state index contributed by atoms with van der Waals surface area (Å²) in [5.74, 6) is 0.320. The third kappa shape index (κ3) is 3.07. The van der Waals surface area contributed by atoms with E-state index in [4.69, 9.17) is 5.73 Å². The maximum absolute atomic E-state index is 11.0. The van der Waals surface area contributed by atoms with Crippen LogP contribution in [0.4, 0.5) is 5.82 Å². The Morgan fingerprint density at radius 1 is 1.30 bits per heavy atom. The molecular formula is C14H21N5O. The highest BCUT2D eigenvalue weighted by Gasteiger charge is 2.32. The zero-order chi connectivity index (χ0) is 13.9. The molecule has 1 atom stereocenters. The second kappa shape index (κ2) is 5.75. The van der Waals surface area contributed by atoms with Gasteiger partial charge in [-0.3, -0.25) is 4.79 Å². The average Bonchev–Trinajstić information content (AvgIpc) is 3.30. The van der Waals surface area contributed by atoms with Crippen molar-refractivity contribution in [3.05, 3.63) is 17.8 Å².